The molecule has 1 fully saturated rings. The van der Waals surface area contributed by atoms with Crippen molar-refractivity contribution in [3.05, 3.63) is 62.3 Å². The molecule has 1 saturated heterocycles. The Balaban J connectivity index is 1.38. The van der Waals surface area contributed by atoms with Crippen LogP contribution in [0.15, 0.2) is 29.1 Å². The van der Waals surface area contributed by atoms with Gasteiger partial charge in [-0.05, 0) is 42.3 Å². The standard InChI is InChI=1S/C20H21ClFN3O2/c1-12-16-10-25(11-17(16)23(2)20(27)19(12)21)18(26)7-13-8-24(9-13)15-5-3-14(22)4-6-15/h3-6,13H,7-11H2,1-2H3. The van der Waals surface area contributed by atoms with Gasteiger partial charge in [0.2, 0.25) is 5.91 Å². The zero-order chi connectivity index (χ0) is 19.3. The maximum Gasteiger partial charge on any atom is 0.269 e. The van der Waals surface area contributed by atoms with Gasteiger partial charge in [0.1, 0.15) is 10.8 Å². The van der Waals surface area contributed by atoms with E-state index in [9.17, 15) is 14.0 Å². The molecule has 0 saturated carbocycles. The lowest BCUT2D eigenvalue weighted by atomic mass is 9.95. The summed E-state index contributed by atoms with van der Waals surface area (Å²) in [5, 5.41) is 0.236. The van der Waals surface area contributed by atoms with Crippen LogP contribution in [0.5, 0.6) is 0 Å². The number of carbonyl (C=O) groups is 1. The van der Waals surface area contributed by atoms with Crippen molar-refractivity contribution in [1.82, 2.24) is 9.47 Å². The van der Waals surface area contributed by atoms with Crippen molar-refractivity contribution in [2.24, 2.45) is 13.0 Å². The highest BCUT2D eigenvalue weighted by atomic mass is 35.5. The molecule has 0 radical (unpaired) electrons. The maximum absolute atomic E-state index is 13.0. The lowest BCUT2D eigenvalue weighted by molar-refractivity contribution is -0.133. The number of hydrogen-bond donors (Lipinski definition) is 0. The number of benzene rings is 1. The van der Waals surface area contributed by atoms with Crippen molar-refractivity contribution >= 4 is 23.2 Å². The highest BCUT2D eigenvalue weighted by Gasteiger charge is 2.33. The molecule has 0 spiro atoms. The number of fused-ring (bicyclic) bond motifs is 1. The summed E-state index contributed by atoms with van der Waals surface area (Å²) in [4.78, 5) is 28.8. The fraction of sp³-hybridized carbons (Fsp3) is 0.400. The van der Waals surface area contributed by atoms with Crippen LogP contribution in [0.2, 0.25) is 5.02 Å². The Morgan fingerprint density at radius 1 is 1.22 bits per heavy atom. The quantitative estimate of drug-likeness (QED) is 0.811. The Bertz CT molecular complexity index is 965. The molecule has 0 unspecified atom stereocenters. The SMILES string of the molecule is Cc1c2c(n(C)c(=O)c1Cl)CN(C(=O)CC1CN(c3ccc(F)cc3)C1)C2. The van der Waals surface area contributed by atoms with E-state index in [1.165, 1.54) is 12.1 Å². The Labute approximate surface area is 162 Å². The predicted octanol–water partition coefficient (Wildman–Crippen LogP) is 2.85. The van der Waals surface area contributed by atoms with Crippen LogP contribution >= 0.6 is 11.6 Å². The molecule has 1 aromatic carbocycles. The Kier molecular flexibility index (Phi) is 4.46. The number of rotatable bonds is 3. The predicted molar refractivity (Wildman–Crippen MR) is 102 cm³/mol. The molecule has 27 heavy (non-hydrogen) atoms. The van der Waals surface area contributed by atoms with Crippen LogP contribution in [-0.4, -0.2) is 28.5 Å². The number of anilines is 1. The normalized spacial score (nSPS) is 16.4. The first-order valence-corrected chi connectivity index (χ1v) is 9.38. The second-order valence-corrected chi connectivity index (χ2v) is 7.81. The van der Waals surface area contributed by atoms with Gasteiger partial charge >= 0.3 is 0 Å². The molecular weight excluding hydrogens is 369 g/mol. The van der Waals surface area contributed by atoms with E-state index < -0.39 is 0 Å². The van der Waals surface area contributed by atoms with Gasteiger partial charge in [-0.3, -0.25) is 9.59 Å². The van der Waals surface area contributed by atoms with E-state index in [0.29, 0.717) is 25.4 Å². The largest absolute Gasteiger partial charge is 0.371 e. The van der Waals surface area contributed by atoms with Gasteiger partial charge in [-0.2, -0.15) is 0 Å². The molecule has 2 aromatic rings. The minimum atomic E-state index is -0.246. The third-order valence-electron chi connectivity index (χ3n) is 5.68. The van der Waals surface area contributed by atoms with Gasteiger partial charge in [0.25, 0.3) is 5.56 Å². The first kappa shape index (κ1) is 18.0. The lowest BCUT2D eigenvalue weighted by Gasteiger charge is -2.41. The third kappa shape index (κ3) is 3.12. The van der Waals surface area contributed by atoms with Crippen LogP contribution in [0.25, 0.3) is 0 Å². The van der Waals surface area contributed by atoms with E-state index in [1.54, 1.807) is 28.6 Å². The highest BCUT2D eigenvalue weighted by Crippen LogP contribution is 2.31. The second kappa shape index (κ2) is 6.68. The average Bonchev–Trinajstić information content (AvgIpc) is 3.07. The van der Waals surface area contributed by atoms with Crippen LogP contribution in [0.1, 0.15) is 23.2 Å². The summed E-state index contributed by atoms with van der Waals surface area (Å²) in [6.45, 7) is 4.38. The van der Waals surface area contributed by atoms with E-state index in [0.717, 1.165) is 35.6 Å². The molecule has 5 nitrogen and oxygen atoms in total. The second-order valence-electron chi connectivity index (χ2n) is 7.43. The Morgan fingerprint density at radius 3 is 2.56 bits per heavy atom. The molecule has 0 aliphatic carbocycles. The summed E-state index contributed by atoms with van der Waals surface area (Å²) in [5.41, 5.74) is 3.40. The molecule has 2 aliphatic heterocycles. The molecule has 0 bridgehead atoms. The van der Waals surface area contributed by atoms with Crippen molar-refractivity contribution < 1.29 is 9.18 Å². The van der Waals surface area contributed by atoms with E-state index >= 15 is 0 Å². The molecule has 7 heteroatoms. The molecule has 3 heterocycles. The van der Waals surface area contributed by atoms with E-state index in [4.69, 9.17) is 11.6 Å². The van der Waals surface area contributed by atoms with Crippen LogP contribution in [0, 0.1) is 18.7 Å². The summed E-state index contributed by atoms with van der Waals surface area (Å²) in [5.74, 6) is 0.141. The summed E-state index contributed by atoms with van der Waals surface area (Å²) < 4.78 is 14.6. The summed E-state index contributed by atoms with van der Waals surface area (Å²) >= 11 is 6.13. The Morgan fingerprint density at radius 2 is 1.89 bits per heavy atom. The fourth-order valence-corrected chi connectivity index (χ4v) is 4.18. The molecule has 1 amide bonds. The number of pyridine rings is 1. The van der Waals surface area contributed by atoms with Crippen molar-refractivity contribution in [1.29, 1.82) is 0 Å². The van der Waals surface area contributed by atoms with Gasteiger partial charge in [0.15, 0.2) is 0 Å². The molecule has 0 N–H and O–H groups in total. The van der Waals surface area contributed by atoms with Crippen LogP contribution < -0.4 is 10.5 Å². The van der Waals surface area contributed by atoms with Crippen molar-refractivity contribution in [2.75, 3.05) is 18.0 Å². The number of carbonyl (C=O) groups excluding carboxylic acids is 1. The smallest absolute Gasteiger partial charge is 0.269 e. The number of nitrogens with zero attached hydrogens (tertiary/aromatic N) is 3. The van der Waals surface area contributed by atoms with E-state index in [-0.39, 0.29) is 22.3 Å². The minimum absolute atomic E-state index is 0.0953. The molecule has 4 rings (SSSR count). The maximum atomic E-state index is 13.0. The molecular formula is C20H21ClFN3O2. The van der Waals surface area contributed by atoms with Crippen molar-refractivity contribution in [3.8, 4) is 0 Å². The lowest BCUT2D eigenvalue weighted by Crippen LogP contribution is -2.48. The molecule has 0 atom stereocenters. The van der Waals surface area contributed by atoms with E-state index in [2.05, 4.69) is 4.90 Å². The minimum Gasteiger partial charge on any atom is -0.371 e. The highest BCUT2D eigenvalue weighted by molar-refractivity contribution is 6.31. The number of amides is 1. The van der Waals surface area contributed by atoms with Crippen LogP contribution in [0.3, 0.4) is 0 Å². The molecule has 2 aliphatic rings. The summed E-state index contributed by atoms with van der Waals surface area (Å²) in [7, 11) is 1.70. The number of halogens is 2. The summed E-state index contributed by atoms with van der Waals surface area (Å²) in [6, 6.07) is 6.43. The van der Waals surface area contributed by atoms with Gasteiger partial charge in [0, 0.05) is 50.4 Å². The number of aromatic nitrogens is 1. The zero-order valence-corrected chi connectivity index (χ0v) is 16.1. The van der Waals surface area contributed by atoms with Gasteiger partial charge < -0.3 is 14.4 Å². The van der Waals surface area contributed by atoms with Crippen molar-refractivity contribution in [3.63, 3.8) is 0 Å². The first-order chi connectivity index (χ1) is 12.8. The van der Waals surface area contributed by atoms with Crippen LogP contribution in [-0.2, 0) is 24.9 Å². The van der Waals surface area contributed by atoms with Crippen LogP contribution in [0.4, 0.5) is 10.1 Å². The van der Waals surface area contributed by atoms with Crippen molar-refractivity contribution in [2.45, 2.75) is 26.4 Å². The number of hydrogen-bond acceptors (Lipinski definition) is 3. The topological polar surface area (TPSA) is 45.6 Å². The monoisotopic (exact) mass is 389 g/mol. The molecule has 1 aromatic heterocycles. The average molecular weight is 390 g/mol. The summed E-state index contributed by atoms with van der Waals surface area (Å²) in [6.07, 6.45) is 0.479. The third-order valence-corrected chi connectivity index (χ3v) is 6.13. The molecule has 142 valence electrons. The zero-order valence-electron chi connectivity index (χ0n) is 15.3. The van der Waals surface area contributed by atoms with E-state index in [1.807, 2.05) is 6.92 Å². The van der Waals surface area contributed by atoms with Gasteiger partial charge in [-0.15, -0.1) is 0 Å². The van der Waals surface area contributed by atoms with Gasteiger partial charge in [-0.1, -0.05) is 11.6 Å². The van der Waals surface area contributed by atoms with Gasteiger partial charge in [0.05, 0.1) is 6.54 Å². The Hall–Kier alpha value is -2.34. The fourth-order valence-electron chi connectivity index (χ4n) is 3.93. The van der Waals surface area contributed by atoms with Gasteiger partial charge in [-0.25, -0.2) is 4.39 Å². The first-order valence-electron chi connectivity index (χ1n) is 9.00.